The van der Waals surface area contributed by atoms with Gasteiger partial charge in [0.2, 0.25) is 0 Å². The number of hydrogen-bond acceptors (Lipinski definition) is 2. The molecule has 0 saturated heterocycles. The van der Waals surface area contributed by atoms with E-state index in [1.807, 2.05) is 6.07 Å². The number of benzene rings is 1. The molecule has 0 saturated carbocycles. The van der Waals surface area contributed by atoms with E-state index in [4.69, 9.17) is 5.73 Å². The molecular formula is C13H22N2. The van der Waals surface area contributed by atoms with Crippen LogP contribution >= 0.6 is 0 Å². The smallest absolute Gasteiger partial charge is 0.0211 e. The van der Waals surface area contributed by atoms with Crippen LogP contribution in [-0.4, -0.2) is 6.04 Å². The van der Waals surface area contributed by atoms with Crippen LogP contribution in [0.1, 0.15) is 31.9 Å². The highest BCUT2D eigenvalue weighted by atomic mass is 14.9. The van der Waals surface area contributed by atoms with E-state index in [0.29, 0.717) is 18.5 Å². The molecule has 1 rings (SSSR count). The molecule has 0 aliphatic carbocycles. The fourth-order valence-corrected chi connectivity index (χ4v) is 1.44. The van der Waals surface area contributed by atoms with E-state index in [1.54, 1.807) is 0 Å². The first-order valence-electron chi connectivity index (χ1n) is 5.65. The lowest BCUT2D eigenvalue weighted by Crippen LogP contribution is -2.30. The fourth-order valence-electron chi connectivity index (χ4n) is 1.44. The molecule has 0 aromatic heterocycles. The van der Waals surface area contributed by atoms with E-state index < -0.39 is 0 Å². The molecule has 0 aliphatic rings. The first-order valence-corrected chi connectivity index (χ1v) is 5.65. The summed E-state index contributed by atoms with van der Waals surface area (Å²) in [5, 5.41) is 3.52. The van der Waals surface area contributed by atoms with Gasteiger partial charge in [0.1, 0.15) is 0 Å². The summed E-state index contributed by atoms with van der Waals surface area (Å²) in [7, 11) is 0. The van der Waals surface area contributed by atoms with E-state index in [9.17, 15) is 0 Å². The molecule has 0 radical (unpaired) electrons. The summed E-state index contributed by atoms with van der Waals surface area (Å²) in [6.45, 7) is 8.20. The molecule has 0 amide bonds. The maximum Gasteiger partial charge on any atom is 0.0211 e. The van der Waals surface area contributed by atoms with Crippen LogP contribution in [0.4, 0.5) is 0 Å². The molecule has 2 heteroatoms. The van der Waals surface area contributed by atoms with E-state index in [2.05, 4.69) is 44.3 Å². The Morgan fingerprint density at radius 1 is 1.13 bits per heavy atom. The number of rotatable bonds is 5. The third-order valence-electron chi connectivity index (χ3n) is 2.95. The van der Waals surface area contributed by atoms with E-state index in [1.165, 1.54) is 11.1 Å². The number of hydrogen-bond donors (Lipinski definition) is 2. The standard InChI is InChI=1S/C13H22N2/c1-10(2)11(3)15-9-13-7-5-4-6-12(13)8-14/h4-7,10-11,15H,8-9,14H2,1-3H3. The van der Waals surface area contributed by atoms with Crippen LogP contribution in [-0.2, 0) is 13.1 Å². The summed E-state index contributed by atoms with van der Waals surface area (Å²) < 4.78 is 0. The summed E-state index contributed by atoms with van der Waals surface area (Å²) in [6, 6.07) is 8.88. The maximum atomic E-state index is 5.69. The van der Waals surface area contributed by atoms with Gasteiger partial charge in [0.05, 0.1) is 0 Å². The highest BCUT2D eigenvalue weighted by Gasteiger charge is 2.06. The van der Waals surface area contributed by atoms with Gasteiger partial charge >= 0.3 is 0 Å². The lowest BCUT2D eigenvalue weighted by molar-refractivity contribution is 0.425. The van der Waals surface area contributed by atoms with Crippen LogP contribution in [0.3, 0.4) is 0 Å². The quantitative estimate of drug-likeness (QED) is 0.775. The molecule has 3 N–H and O–H groups in total. The molecule has 1 aromatic carbocycles. The molecular weight excluding hydrogens is 184 g/mol. The summed E-state index contributed by atoms with van der Waals surface area (Å²) in [5.74, 6) is 0.662. The van der Waals surface area contributed by atoms with Crippen molar-refractivity contribution in [3.63, 3.8) is 0 Å². The Hall–Kier alpha value is -0.860. The first-order chi connectivity index (χ1) is 7.15. The first kappa shape index (κ1) is 12.2. The van der Waals surface area contributed by atoms with Crippen molar-refractivity contribution in [2.24, 2.45) is 11.7 Å². The topological polar surface area (TPSA) is 38.0 Å². The Balaban J connectivity index is 2.57. The second-order valence-electron chi connectivity index (χ2n) is 4.39. The molecule has 84 valence electrons. The van der Waals surface area contributed by atoms with Crippen molar-refractivity contribution in [2.75, 3.05) is 0 Å². The molecule has 0 bridgehead atoms. The lowest BCUT2D eigenvalue weighted by atomic mass is 10.0. The molecule has 2 nitrogen and oxygen atoms in total. The van der Waals surface area contributed by atoms with Crippen molar-refractivity contribution < 1.29 is 0 Å². The highest BCUT2D eigenvalue weighted by molar-refractivity contribution is 5.26. The van der Waals surface area contributed by atoms with Crippen molar-refractivity contribution in [2.45, 2.75) is 39.9 Å². The largest absolute Gasteiger partial charge is 0.326 e. The van der Waals surface area contributed by atoms with Crippen LogP contribution in [0.2, 0.25) is 0 Å². The molecule has 1 atom stereocenters. The maximum absolute atomic E-state index is 5.69. The molecule has 0 heterocycles. The summed E-state index contributed by atoms with van der Waals surface area (Å²) in [4.78, 5) is 0. The molecule has 15 heavy (non-hydrogen) atoms. The van der Waals surface area contributed by atoms with E-state index in [-0.39, 0.29) is 0 Å². The fraction of sp³-hybridized carbons (Fsp3) is 0.538. The molecule has 1 unspecified atom stereocenters. The third kappa shape index (κ3) is 3.65. The monoisotopic (exact) mass is 206 g/mol. The lowest BCUT2D eigenvalue weighted by Gasteiger charge is -2.18. The summed E-state index contributed by atoms with van der Waals surface area (Å²) >= 11 is 0. The van der Waals surface area contributed by atoms with Gasteiger partial charge in [0, 0.05) is 19.1 Å². The van der Waals surface area contributed by atoms with Crippen LogP contribution in [0.15, 0.2) is 24.3 Å². The minimum Gasteiger partial charge on any atom is -0.326 e. The van der Waals surface area contributed by atoms with Crippen molar-refractivity contribution in [3.05, 3.63) is 35.4 Å². The van der Waals surface area contributed by atoms with E-state index in [0.717, 1.165) is 6.54 Å². The van der Waals surface area contributed by atoms with E-state index >= 15 is 0 Å². The van der Waals surface area contributed by atoms with Crippen LogP contribution in [0.25, 0.3) is 0 Å². The van der Waals surface area contributed by atoms with Gasteiger partial charge in [-0.05, 0) is 24.0 Å². The Morgan fingerprint density at radius 3 is 2.27 bits per heavy atom. The number of nitrogens with one attached hydrogen (secondary N) is 1. The zero-order chi connectivity index (χ0) is 11.3. The molecule has 0 spiro atoms. The summed E-state index contributed by atoms with van der Waals surface area (Å²) in [6.07, 6.45) is 0. The second-order valence-corrected chi connectivity index (χ2v) is 4.39. The Morgan fingerprint density at radius 2 is 1.73 bits per heavy atom. The molecule has 0 fully saturated rings. The zero-order valence-electron chi connectivity index (χ0n) is 9.96. The zero-order valence-corrected chi connectivity index (χ0v) is 9.96. The van der Waals surface area contributed by atoms with Crippen LogP contribution in [0.5, 0.6) is 0 Å². The Kier molecular flexibility index (Phi) is 4.79. The van der Waals surface area contributed by atoms with Crippen LogP contribution < -0.4 is 11.1 Å². The second kappa shape index (κ2) is 5.89. The molecule has 0 aliphatic heterocycles. The minimum atomic E-state index is 0.538. The molecule has 1 aromatic rings. The van der Waals surface area contributed by atoms with Gasteiger partial charge in [0.25, 0.3) is 0 Å². The predicted octanol–water partition coefficient (Wildman–Crippen LogP) is 2.28. The van der Waals surface area contributed by atoms with Gasteiger partial charge in [-0.2, -0.15) is 0 Å². The predicted molar refractivity (Wildman–Crippen MR) is 65.5 cm³/mol. The SMILES string of the molecule is CC(C)C(C)NCc1ccccc1CN. The average molecular weight is 206 g/mol. The Labute approximate surface area is 92.9 Å². The van der Waals surface area contributed by atoms with Gasteiger partial charge in [0.15, 0.2) is 0 Å². The third-order valence-corrected chi connectivity index (χ3v) is 2.95. The highest BCUT2D eigenvalue weighted by Crippen LogP contribution is 2.09. The average Bonchev–Trinajstić information content (AvgIpc) is 2.26. The van der Waals surface area contributed by atoms with Crippen molar-refractivity contribution in [1.29, 1.82) is 0 Å². The minimum absolute atomic E-state index is 0.538. The van der Waals surface area contributed by atoms with Gasteiger partial charge in [-0.1, -0.05) is 38.1 Å². The normalized spacial score (nSPS) is 13.1. The van der Waals surface area contributed by atoms with Crippen LogP contribution in [0, 0.1) is 5.92 Å². The summed E-state index contributed by atoms with van der Waals surface area (Å²) in [5.41, 5.74) is 8.24. The van der Waals surface area contributed by atoms with Gasteiger partial charge < -0.3 is 11.1 Å². The van der Waals surface area contributed by atoms with Crippen molar-refractivity contribution in [1.82, 2.24) is 5.32 Å². The van der Waals surface area contributed by atoms with Gasteiger partial charge in [-0.15, -0.1) is 0 Å². The van der Waals surface area contributed by atoms with Crippen molar-refractivity contribution >= 4 is 0 Å². The van der Waals surface area contributed by atoms with Crippen molar-refractivity contribution in [3.8, 4) is 0 Å². The number of nitrogens with two attached hydrogens (primary N) is 1. The Bertz CT molecular complexity index is 294. The van der Waals surface area contributed by atoms with Gasteiger partial charge in [-0.25, -0.2) is 0 Å². The van der Waals surface area contributed by atoms with Gasteiger partial charge in [-0.3, -0.25) is 0 Å².